The number of hydrogen-bond donors (Lipinski definition) is 2. The first-order valence-electron chi connectivity index (χ1n) is 8.93. The molecule has 0 bridgehead atoms. The van der Waals surface area contributed by atoms with Gasteiger partial charge in [0.15, 0.2) is 0 Å². The minimum absolute atomic E-state index is 0.276. The average Bonchev–Trinajstić information content (AvgIpc) is 2.73. The van der Waals surface area contributed by atoms with Gasteiger partial charge in [0.05, 0.1) is 0 Å². The van der Waals surface area contributed by atoms with Crippen molar-refractivity contribution in [2.75, 3.05) is 26.2 Å². The Kier molecular flexibility index (Phi) is 10.6. The molecule has 1 heterocycles. The van der Waals surface area contributed by atoms with Gasteiger partial charge in [-0.2, -0.15) is 0 Å². The van der Waals surface area contributed by atoms with Gasteiger partial charge in [0.1, 0.15) is 18.1 Å². The SMILES string of the molecule is CCN(CC)CCO/N=C(\c1ccc(F)cc1)c1cccnc1.O=C(O)C(=O)O. The number of aromatic nitrogens is 1. The summed E-state index contributed by atoms with van der Waals surface area (Å²) in [4.78, 5) is 30.1. The molecule has 0 saturated heterocycles. The largest absolute Gasteiger partial charge is 0.473 e. The first kappa shape index (κ1) is 23.7. The van der Waals surface area contributed by atoms with E-state index in [9.17, 15) is 4.39 Å². The van der Waals surface area contributed by atoms with E-state index >= 15 is 0 Å². The number of carboxylic acid groups (broad SMARTS) is 2. The van der Waals surface area contributed by atoms with Crippen LogP contribution in [-0.2, 0) is 14.4 Å². The number of carbonyl (C=O) groups is 2. The Morgan fingerprint density at radius 2 is 1.69 bits per heavy atom. The zero-order chi connectivity index (χ0) is 21.6. The van der Waals surface area contributed by atoms with Gasteiger partial charge in [-0.3, -0.25) is 4.98 Å². The maximum atomic E-state index is 13.1. The number of benzene rings is 1. The standard InChI is InChI=1S/C18H22FN3O.C2H2O4/c1-3-22(4-2)12-13-23-21-18(16-6-5-11-20-14-16)15-7-9-17(19)10-8-15;3-1(4)2(5)6/h5-11,14H,3-4,12-13H2,1-2H3;(H,3,4)(H,5,6)/b21-18+;. The maximum Gasteiger partial charge on any atom is 0.414 e. The predicted molar refractivity (Wildman–Crippen MR) is 105 cm³/mol. The van der Waals surface area contributed by atoms with Gasteiger partial charge in [-0.1, -0.05) is 19.0 Å². The normalized spacial score (nSPS) is 10.8. The van der Waals surface area contributed by atoms with E-state index < -0.39 is 11.9 Å². The molecule has 2 aromatic rings. The second-order valence-corrected chi connectivity index (χ2v) is 5.66. The zero-order valence-electron chi connectivity index (χ0n) is 16.3. The summed E-state index contributed by atoms with van der Waals surface area (Å²) in [5.74, 6) is -3.92. The third-order valence-corrected chi connectivity index (χ3v) is 3.78. The lowest BCUT2D eigenvalue weighted by atomic mass is 10.0. The zero-order valence-corrected chi connectivity index (χ0v) is 16.3. The van der Waals surface area contributed by atoms with E-state index in [0.29, 0.717) is 12.3 Å². The van der Waals surface area contributed by atoms with E-state index in [1.807, 2.05) is 12.1 Å². The molecule has 9 heteroatoms. The predicted octanol–water partition coefficient (Wildman–Crippen LogP) is 2.49. The lowest BCUT2D eigenvalue weighted by Crippen LogP contribution is -2.26. The van der Waals surface area contributed by atoms with Crippen LogP contribution in [0.5, 0.6) is 0 Å². The van der Waals surface area contributed by atoms with Gasteiger partial charge in [-0.05, 0) is 49.5 Å². The summed E-state index contributed by atoms with van der Waals surface area (Å²) in [6, 6.07) is 9.95. The second kappa shape index (κ2) is 12.9. The Balaban J connectivity index is 0.000000612. The van der Waals surface area contributed by atoms with E-state index in [-0.39, 0.29) is 5.82 Å². The van der Waals surface area contributed by atoms with Gasteiger partial charge in [0.25, 0.3) is 0 Å². The highest BCUT2D eigenvalue weighted by molar-refractivity contribution is 6.27. The van der Waals surface area contributed by atoms with Crippen molar-refractivity contribution in [3.8, 4) is 0 Å². The van der Waals surface area contributed by atoms with Crippen molar-refractivity contribution in [1.82, 2.24) is 9.88 Å². The number of hydrogen-bond acceptors (Lipinski definition) is 6. The first-order valence-corrected chi connectivity index (χ1v) is 8.93. The molecule has 0 spiro atoms. The van der Waals surface area contributed by atoms with Crippen molar-refractivity contribution < 1.29 is 29.0 Å². The summed E-state index contributed by atoms with van der Waals surface area (Å²) < 4.78 is 13.1. The number of likely N-dealkylation sites (N-methyl/N-ethyl adjacent to an activating group) is 1. The third-order valence-electron chi connectivity index (χ3n) is 3.78. The summed E-state index contributed by atoms with van der Waals surface area (Å²) >= 11 is 0. The Bertz CT molecular complexity index is 782. The highest BCUT2D eigenvalue weighted by Crippen LogP contribution is 2.11. The van der Waals surface area contributed by atoms with E-state index in [0.717, 1.165) is 30.8 Å². The molecule has 0 radical (unpaired) electrons. The van der Waals surface area contributed by atoms with E-state index in [4.69, 9.17) is 24.6 Å². The topological polar surface area (TPSA) is 112 Å². The lowest BCUT2D eigenvalue weighted by Gasteiger charge is -2.16. The molecule has 2 rings (SSSR count). The van der Waals surface area contributed by atoms with Crippen LogP contribution in [0.1, 0.15) is 25.0 Å². The Morgan fingerprint density at radius 1 is 1.07 bits per heavy atom. The van der Waals surface area contributed by atoms with Crippen molar-refractivity contribution in [3.05, 3.63) is 65.7 Å². The molecule has 0 aliphatic rings. The van der Waals surface area contributed by atoms with Crippen molar-refractivity contribution >= 4 is 17.7 Å². The number of oxime groups is 1. The summed E-state index contributed by atoms with van der Waals surface area (Å²) in [7, 11) is 0. The van der Waals surface area contributed by atoms with Crippen molar-refractivity contribution in [2.24, 2.45) is 5.16 Å². The molecule has 2 N–H and O–H groups in total. The fourth-order valence-corrected chi connectivity index (χ4v) is 2.20. The van der Waals surface area contributed by atoms with Crippen LogP contribution in [0.2, 0.25) is 0 Å². The quantitative estimate of drug-likeness (QED) is 0.300. The Labute approximate surface area is 168 Å². The van der Waals surface area contributed by atoms with Crippen LogP contribution in [-0.4, -0.2) is 64.0 Å². The van der Waals surface area contributed by atoms with Crippen LogP contribution in [0.15, 0.2) is 53.9 Å². The molecule has 156 valence electrons. The summed E-state index contributed by atoms with van der Waals surface area (Å²) in [6.45, 7) is 7.53. The Hall–Kier alpha value is -3.33. The van der Waals surface area contributed by atoms with Crippen molar-refractivity contribution in [1.29, 1.82) is 0 Å². The molecule has 0 saturated carbocycles. The lowest BCUT2D eigenvalue weighted by molar-refractivity contribution is -0.159. The number of pyridine rings is 1. The van der Waals surface area contributed by atoms with Crippen LogP contribution in [0.3, 0.4) is 0 Å². The Morgan fingerprint density at radius 3 is 2.17 bits per heavy atom. The van der Waals surface area contributed by atoms with Crippen molar-refractivity contribution in [2.45, 2.75) is 13.8 Å². The smallest absolute Gasteiger partial charge is 0.414 e. The maximum absolute atomic E-state index is 13.1. The van der Waals surface area contributed by atoms with Crippen LogP contribution in [0, 0.1) is 5.82 Å². The van der Waals surface area contributed by atoms with Gasteiger partial charge >= 0.3 is 11.9 Å². The average molecular weight is 405 g/mol. The van der Waals surface area contributed by atoms with Gasteiger partial charge in [-0.15, -0.1) is 0 Å². The summed E-state index contributed by atoms with van der Waals surface area (Å²) in [6.07, 6.45) is 3.42. The first-order chi connectivity index (χ1) is 13.9. The molecule has 0 aliphatic carbocycles. The summed E-state index contributed by atoms with van der Waals surface area (Å²) in [5.41, 5.74) is 2.28. The van der Waals surface area contributed by atoms with E-state index in [1.165, 1.54) is 12.1 Å². The van der Waals surface area contributed by atoms with Gasteiger partial charge in [0.2, 0.25) is 0 Å². The van der Waals surface area contributed by atoms with E-state index in [1.54, 1.807) is 24.5 Å². The van der Waals surface area contributed by atoms with Gasteiger partial charge in [0, 0.05) is 30.1 Å². The monoisotopic (exact) mass is 405 g/mol. The molecule has 0 unspecified atom stereocenters. The molecule has 0 aliphatic heterocycles. The van der Waals surface area contributed by atoms with Crippen LogP contribution in [0.25, 0.3) is 0 Å². The number of rotatable bonds is 8. The number of carboxylic acids is 2. The minimum atomic E-state index is -1.82. The number of nitrogens with zero attached hydrogens (tertiary/aromatic N) is 3. The van der Waals surface area contributed by atoms with Crippen LogP contribution < -0.4 is 0 Å². The summed E-state index contributed by atoms with van der Waals surface area (Å²) in [5, 5.41) is 19.0. The van der Waals surface area contributed by atoms with Gasteiger partial charge in [-0.25, -0.2) is 14.0 Å². The third kappa shape index (κ3) is 8.93. The van der Waals surface area contributed by atoms with Crippen LogP contribution in [0.4, 0.5) is 4.39 Å². The molecule has 8 nitrogen and oxygen atoms in total. The number of aliphatic carboxylic acids is 2. The number of halogens is 1. The molecule has 29 heavy (non-hydrogen) atoms. The van der Waals surface area contributed by atoms with Crippen molar-refractivity contribution in [3.63, 3.8) is 0 Å². The minimum Gasteiger partial charge on any atom is -0.473 e. The molecule has 0 fully saturated rings. The molecule has 1 aromatic carbocycles. The highest BCUT2D eigenvalue weighted by atomic mass is 19.1. The molecular weight excluding hydrogens is 381 g/mol. The van der Waals surface area contributed by atoms with Gasteiger partial charge < -0.3 is 20.0 Å². The second-order valence-electron chi connectivity index (χ2n) is 5.66. The molecule has 0 atom stereocenters. The van der Waals surface area contributed by atoms with Crippen LogP contribution >= 0.6 is 0 Å². The molecule has 1 aromatic heterocycles. The highest BCUT2D eigenvalue weighted by Gasteiger charge is 2.09. The molecule has 0 amide bonds. The van der Waals surface area contributed by atoms with E-state index in [2.05, 4.69) is 28.9 Å². The fraction of sp³-hybridized carbons (Fsp3) is 0.300. The fourth-order valence-electron chi connectivity index (χ4n) is 2.20. The molecular formula is C20H24FN3O5.